The maximum absolute atomic E-state index is 13.2. The van der Waals surface area contributed by atoms with Crippen LogP contribution in [0, 0.1) is 34.5 Å². The van der Waals surface area contributed by atoms with Crippen molar-refractivity contribution in [2.75, 3.05) is 5.75 Å². The molecule has 1 aromatic rings. The zero-order chi connectivity index (χ0) is 28.4. The Labute approximate surface area is 239 Å². The van der Waals surface area contributed by atoms with Gasteiger partial charge in [-0.25, -0.2) is 8.42 Å². The molecule has 4 aliphatic rings. The van der Waals surface area contributed by atoms with Crippen LogP contribution in [-0.4, -0.2) is 28.6 Å². The third-order valence-corrected chi connectivity index (χ3v) is 18.6. The Balaban J connectivity index is 1.34. The van der Waals surface area contributed by atoms with Crippen molar-refractivity contribution in [1.29, 1.82) is 0 Å². The minimum atomic E-state index is -3.27. The van der Waals surface area contributed by atoms with E-state index in [1.54, 1.807) is 23.3 Å². The second-order valence-electron chi connectivity index (χ2n) is 15.4. The standard InChI is InChI=1S/C34H52O3SSi/c1-24(23-38(35,36)27-12-10-9-11-13-27)29-16-17-30-28-15-14-25-22-26(37-39(7,8)32(2,3)4)18-20-33(25,5)31(28)19-21-34(29,30)6/h9-15,24,26,29-31H,16-23H2,1-8H3/t24-,26?,29+,30-,31-,33-,34+/m0/s1. The first-order valence-electron chi connectivity index (χ1n) is 15.5. The molecule has 5 heteroatoms. The van der Waals surface area contributed by atoms with Gasteiger partial charge in [-0.15, -0.1) is 0 Å². The zero-order valence-corrected chi connectivity index (χ0v) is 27.5. The van der Waals surface area contributed by atoms with Crippen molar-refractivity contribution in [1.82, 2.24) is 0 Å². The number of fused-ring (bicyclic) bond motifs is 5. The average Bonchev–Trinajstić information content (AvgIpc) is 3.21. The van der Waals surface area contributed by atoms with Gasteiger partial charge in [0.1, 0.15) is 0 Å². The molecular formula is C34H52O3SSi. The molecule has 39 heavy (non-hydrogen) atoms. The summed E-state index contributed by atoms with van der Waals surface area (Å²) in [7, 11) is -5.05. The Kier molecular flexibility index (Phi) is 7.50. The predicted octanol–water partition coefficient (Wildman–Crippen LogP) is 8.99. The lowest BCUT2D eigenvalue weighted by atomic mass is 9.50. The molecule has 0 saturated heterocycles. The van der Waals surface area contributed by atoms with E-state index in [0.29, 0.717) is 28.8 Å². The minimum Gasteiger partial charge on any atom is -0.414 e. The van der Waals surface area contributed by atoms with E-state index in [4.69, 9.17) is 4.43 Å². The molecule has 0 aliphatic heterocycles. The molecule has 0 heterocycles. The second kappa shape index (κ2) is 9.98. The van der Waals surface area contributed by atoms with E-state index in [-0.39, 0.29) is 27.5 Å². The van der Waals surface area contributed by atoms with Gasteiger partial charge in [-0.3, -0.25) is 0 Å². The maximum Gasteiger partial charge on any atom is 0.192 e. The maximum atomic E-state index is 13.2. The van der Waals surface area contributed by atoms with Crippen molar-refractivity contribution in [3.05, 3.63) is 53.6 Å². The largest absolute Gasteiger partial charge is 0.414 e. The Morgan fingerprint density at radius 3 is 2.33 bits per heavy atom. The van der Waals surface area contributed by atoms with Crippen molar-refractivity contribution >= 4 is 18.2 Å². The third kappa shape index (κ3) is 5.07. The summed E-state index contributed by atoms with van der Waals surface area (Å²) in [5.41, 5.74) is 3.74. The topological polar surface area (TPSA) is 43.4 Å². The molecule has 0 spiro atoms. The molecule has 1 unspecified atom stereocenters. The van der Waals surface area contributed by atoms with Crippen LogP contribution in [0.4, 0.5) is 0 Å². The fourth-order valence-corrected chi connectivity index (χ4v) is 11.9. The number of rotatable bonds is 6. The molecule has 0 amide bonds. The van der Waals surface area contributed by atoms with E-state index in [1.165, 1.54) is 32.1 Å². The molecule has 1 aromatic carbocycles. The summed E-state index contributed by atoms with van der Waals surface area (Å²) in [4.78, 5) is 0.467. The summed E-state index contributed by atoms with van der Waals surface area (Å²) >= 11 is 0. The van der Waals surface area contributed by atoms with Crippen molar-refractivity contribution < 1.29 is 12.8 Å². The van der Waals surface area contributed by atoms with Crippen molar-refractivity contribution in [3.8, 4) is 0 Å². The fraction of sp³-hybridized carbons (Fsp3) is 0.706. The highest BCUT2D eigenvalue weighted by molar-refractivity contribution is 7.91. The van der Waals surface area contributed by atoms with Gasteiger partial charge in [-0.05, 0) is 110 Å². The molecule has 3 nitrogen and oxygen atoms in total. The molecule has 4 aliphatic carbocycles. The van der Waals surface area contributed by atoms with Gasteiger partial charge in [0.15, 0.2) is 18.2 Å². The smallest absolute Gasteiger partial charge is 0.192 e. The molecule has 3 fully saturated rings. The van der Waals surface area contributed by atoms with E-state index in [0.717, 1.165) is 12.8 Å². The lowest BCUT2D eigenvalue weighted by molar-refractivity contribution is 0.0381. The van der Waals surface area contributed by atoms with Crippen LogP contribution in [0.1, 0.15) is 86.5 Å². The van der Waals surface area contributed by atoms with Gasteiger partial charge >= 0.3 is 0 Å². The van der Waals surface area contributed by atoms with E-state index in [2.05, 4.69) is 66.8 Å². The molecular weight excluding hydrogens is 517 g/mol. The summed E-state index contributed by atoms with van der Waals surface area (Å²) in [6, 6.07) is 9.04. The van der Waals surface area contributed by atoms with Gasteiger partial charge < -0.3 is 4.43 Å². The second-order valence-corrected chi connectivity index (χ2v) is 22.2. The molecule has 0 bridgehead atoms. The quantitative estimate of drug-likeness (QED) is 0.322. The van der Waals surface area contributed by atoms with Crippen molar-refractivity contribution in [3.63, 3.8) is 0 Å². The number of allylic oxidation sites excluding steroid dienone is 3. The lowest BCUT2D eigenvalue weighted by Crippen LogP contribution is -2.49. The van der Waals surface area contributed by atoms with Gasteiger partial charge in [-0.1, -0.05) is 83.0 Å². The molecule has 0 N–H and O–H groups in total. The van der Waals surface area contributed by atoms with E-state index in [9.17, 15) is 8.42 Å². The Morgan fingerprint density at radius 2 is 1.67 bits per heavy atom. The lowest BCUT2D eigenvalue weighted by Gasteiger charge is -2.56. The summed E-state index contributed by atoms with van der Waals surface area (Å²) in [5, 5.41) is 0.242. The van der Waals surface area contributed by atoms with Gasteiger partial charge in [0.25, 0.3) is 0 Å². The van der Waals surface area contributed by atoms with E-state index < -0.39 is 18.2 Å². The van der Waals surface area contributed by atoms with E-state index in [1.807, 2.05) is 18.2 Å². The first-order valence-corrected chi connectivity index (χ1v) is 20.0. The third-order valence-electron chi connectivity index (χ3n) is 12.1. The molecule has 0 aromatic heterocycles. The van der Waals surface area contributed by atoms with E-state index >= 15 is 0 Å². The van der Waals surface area contributed by atoms with Crippen LogP contribution in [0.25, 0.3) is 0 Å². The summed E-state index contributed by atoms with van der Waals surface area (Å²) < 4.78 is 33.4. The van der Waals surface area contributed by atoms with Crippen LogP contribution in [-0.2, 0) is 14.3 Å². The SMILES string of the molecule is C[C@@H](CS(=O)(=O)c1ccccc1)[C@H]1CC[C@H]2C3=CC=C4CC(O[Si](C)(C)C(C)(C)C)CC[C@]4(C)[C@H]3CC[C@]12C. The molecule has 7 atom stereocenters. The summed E-state index contributed by atoms with van der Waals surface area (Å²) in [5.74, 6) is 2.08. The predicted molar refractivity (Wildman–Crippen MR) is 165 cm³/mol. The van der Waals surface area contributed by atoms with Crippen LogP contribution in [0.3, 0.4) is 0 Å². The molecule has 5 rings (SSSR count). The monoisotopic (exact) mass is 568 g/mol. The highest BCUT2D eigenvalue weighted by Crippen LogP contribution is 2.66. The van der Waals surface area contributed by atoms with Gasteiger partial charge in [0, 0.05) is 6.10 Å². The highest BCUT2D eigenvalue weighted by atomic mass is 32.2. The van der Waals surface area contributed by atoms with Crippen LogP contribution in [0.15, 0.2) is 58.5 Å². The van der Waals surface area contributed by atoms with Crippen LogP contribution in [0.2, 0.25) is 18.1 Å². The first kappa shape index (κ1) is 29.3. The minimum absolute atomic E-state index is 0.163. The van der Waals surface area contributed by atoms with Gasteiger partial charge in [-0.2, -0.15) is 0 Å². The van der Waals surface area contributed by atoms with Crippen LogP contribution < -0.4 is 0 Å². The van der Waals surface area contributed by atoms with Gasteiger partial charge in [0.2, 0.25) is 0 Å². The van der Waals surface area contributed by atoms with Gasteiger partial charge in [0.05, 0.1) is 10.6 Å². The number of sulfone groups is 1. The first-order chi connectivity index (χ1) is 18.1. The number of hydrogen-bond donors (Lipinski definition) is 0. The average molecular weight is 569 g/mol. The summed E-state index contributed by atoms with van der Waals surface area (Å²) in [6.45, 7) is 19.0. The number of hydrogen-bond acceptors (Lipinski definition) is 3. The molecule has 3 saturated carbocycles. The van der Waals surface area contributed by atoms with Crippen LogP contribution in [0.5, 0.6) is 0 Å². The molecule has 216 valence electrons. The number of benzene rings is 1. The fourth-order valence-electron chi connectivity index (χ4n) is 8.82. The molecule has 0 radical (unpaired) electrons. The van der Waals surface area contributed by atoms with Crippen LogP contribution >= 0.6 is 0 Å². The van der Waals surface area contributed by atoms with Crippen molar-refractivity contribution in [2.45, 2.75) is 116 Å². The Hall–Kier alpha value is -1.17. The Bertz CT molecular complexity index is 1240. The van der Waals surface area contributed by atoms with Crippen molar-refractivity contribution in [2.24, 2.45) is 34.5 Å². The normalized spacial score (nSPS) is 35.8. The Morgan fingerprint density at radius 1 is 0.974 bits per heavy atom. The summed E-state index contributed by atoms with van der Waals surface area (Å²) in [6.07, 6.45) is 13.6. The zero-order valence-electron chi connectivity index (χ0n) is 25.7. The highest BCUT2D eigenvalue weighted by Gasteiger charge is 2.57.